The highest BCUT2D eigenvalue weighted by Gasteiger charge is 2.12. The molecule has 0 amide bonds. The molecule has 0 saturated heterocycles. The normalized spacial score (nSPS) is 9.90. The molecule has 1 aromatic rings. The molecule has 0 fully saturated rings. The minimum absolute atomic E-state index is 0.102. The Morgan fingerprint density at radius 3 is 2.35 bits per heavy atom. The van der Waals surface area contributed by atoms with E-state index in [0.717, 1.165) is 0 Å². The number of esters is 2. The van der Waals surface area contributed by atoms with E-state index < -0.39 is 5.97 Å². The summed E-state index contributed by atoms with van der Waals surface area (Å²) in [5, 5.41) is 0. The largest absolute Gasteiger partial charge is 0.466 e. The molecule has 0 aliphatic rings. The molecule has 0 spiro atoms. The lowest BCUT2D eigenvalue weighted by Gasteiger charge is -2.07. The van der Waals surface area contributed by atoms with Crippen LogP contribution in [0.3, 0.4) is 0 Å². The van der Waals surface area contributed by atoms with Gasteiger partial charge < -0.3 is 9.47 Å². The molecule has 5 nitrogen and oxygen atoms in total. The van der Waals surface area contributed by atoms with Crippen molar-refractivity contribution in [1.29, 1.82) is 0 Å². The zero-order valence-electron chi connectivity index (χ0n) is 11.7. The van der Waals surface area contributed by atoms with Gasteiger partial charge in [-0.15, -0.1) is 0 Å². The molecule has 0 radical (unpaired) electrons. The van der Waals surface area contributed by atoms with Crippen LogP contribution in [0.1, 0.15) is 43.5 Å². The summed E-state index contributed by atoms with van der Waals surface area (Å²) in [6, 6.07) is 6.56. The fourth-order valence-corrected chi connectivity index (χ4v) is 1.63. The molecule has 1 rings (SSSR count). The van der Waals surface area contributed by atoms with Gasteiger partial charge >= 0.3 is 11.9 Å². The van der Waals surface area contributed by atoms with Gasteiger partial charge in [0.25, 0.3) is 0 Å². The fourth-order valence-electron chi connectivity index (χ4n) is 1.63. The highest BCUT2D eigenvalue weighted by Crippen LogP contribution is 2.19. The van der Waals surface area contributed by atoms with Crippen LogP contribution in [0.2, 0.25) is 0 Å². The minimum atomic E-state index is -0.469. The van der Waals surface area contributed by atoms with Crippen molar-refractivity contribution in [3.05, 3.63) is 29.8 Å². The minimum Gasteiger partial charge on any atom is -0.466 e. The number of hydrogen-bond acceptors (Lipinski definition) is 5. The Morgan fingerprint density at radius 1 is 1.05 bits per heavy atom. The predicted molar refractivity (Wildman–Crippen MR) is 72.6 cm³/mol. The summed E-state index contributed by atoms with van der Waals surface area (Å²) in [5.74, 6) is -0.714. The zero-order chi connectivity index (χ0) is 15.0. The van der Waals surface area contributed by atoms with E-state index in [4.69, 9.17) is 9.47 Å². The maximum absolute atomic E-state index is 11.6. The van der Waals surface area contributed by atoms with Gasteiger partial charge in [-0.1, -0.05) is 12.1 Å². The van der Waals surface area contributed by atoms with Gasteiger partial charge in [0, 0.05) is 12.8 Å². The number of benzene rings is 1. The van der Waals surface area contributed by atoms with Gasteiger partial charge in [0.2, 0.25) is 0 Å². The van der Waals surface area contributed by atoms with Crippen molar-refractivity contribution < 1.29 is 23.9 Å². The summed E-state index contributed by atoms with van der Waals surface area (Å²) in [4.78, 5) is 34.1. The maximum Gasteiger partial charge on any atom is 0.311 e. The molecule has 1 aromatic carbocycles. The number of carbonyl (C=O) groups excluding carboxylic acids is 3. The molecule has 0 saturated carbocycles. The van der Waals surface area contributed by atoms with E-state index in [1.807, 2.05) is 0 Å². The molecule has 0 heterocycles. The van der Waals surface area contributed by atoms with E-state index in [2.05, 4.69) is 0 Å². The van der Waals surface area contributed by atoms with Crippen molar-refractivity contribution in [2.24, 2.45) is 0 Å². The molecular formula is C15H18O5. The highest BCUT2D eigenvalue weighted by atomic mass is 16.5. The first-order valence-electron chi connectivity index (χ1n) is 6.50. The average Bonchev–Trinajstić information content (AvgIpc) is 2.39. The Kier molecular flexibility index (Phi) is 6.43. The first-order valence-corrected chi connectivity index (χ1v) is 6.50. The number of Topliss-reactive ketones (excluding diaryl/α,β-unsaturated/α-hetero) is 1. The summed E-state index contributed by atoms with van der Waals surface area (Å²) >= 11 is 0. The lowest BCUT2D eigenvalue weighted by Crippen LogP contribution is -2.11. The second kappa shape index (κ2) is 8.09. The van der Waals surface area contributed by atoms with E-state index in [1.165, 1.54) is 6.92 Å². The van der Waals surface area contributed by atoms with E-state index in [0.29, 0.717) is 18.6 Å². The van der Waals surface area contributed by atoms with Crippen LogP contribution in [0, 0.1) is 0 Å². The molecule has 0 atom stereocenters. The van der Waals surface area contributed by atoms with E-state index in [-0.39, 0.29) is 30.3 Å². The first kappa shape index (κ1) is 15.9. The van der Waals surface area contributed by atoms with E-state index in [1.54, 1.807) is 31.2 Å². The van der Waals surface area contributed by atoms with Gasteiger partial charge in [0.05, 0.1) is 12.2 Å². The van der Waals surface area contributed by atoms with Crippen molar-refractivity contribution in [2.45, 2.75) is 33.1 Å². The van der Waals surface area contributed by atoms with Crippen molar-refractivity contribution in [3.63, 3.8) is 0 Å². The third-order valence-electron chi connectivity index (χ3n) is 2.56. The average molecular weight is 278 g/mol. The molecule has 20 heavy (non-hydrogen) atoms. The van der Waals surface area contributed by atoms with Gasteiger partial charge in [0.15, 0.2) is 5.78 Å². The Bertz CT molecular complexity index is 493. The van der Waals surface area contributed by atoms with Crippen molar-refractivity contribution in [3.8, 4) is 5.75 Å². The second-order valence-electron chi connectivity index (χ2n) is 4.18. The Labute approximate surface area is 117 Å². The summed E-state index contributed by atoms with van der Waals surface area (Å²) < 4.78 is 9.89. The predicted octanol–water partition coefficient (Wildman–Crippen LogP) is 2.53. The fraction of sp³-hybridized carbons (Fsp3) is 0.400. The van der Waals surface area contributed by atoms with Crippen LogP contribution in [0.5, 0.6) is 5.75 Å². The standard InChI is InChI=1S/C15H18O5/c1-3-19-14(17)9-6-10-15(18)20-13-8-5-4-7-12(13)11(2)16/h4-5,7-8H,3,6,9-10H2,1-2H3. The third kappa shape index (κ3) is 5.22. The van der Waals surface area contributed by atoms with Gasteiger partial charge in [0.1, 0.15) is 5.75 Å². The van der Waals surface area contributed by atoms with Crippen LogP contribution in [0.25, 0.3) is 0 Å². The maximum atomic E-state index is 11.6. The molecule has 0 aliphatic carbocycles. The van der Waals surface area contributed by atoms with Gasteiger partial charge in [-0.2, -0.15) is 0 Å². The molecule has 5 heteroatoms. The monoisotopic (exact) mass is 278 g/mol. The topological polar surface area (TPSA) is 69.7 Å². The Morgan fingerprint density at radius 2 is 1.70 bits per heavy atom. The third-order valence-corrected chi connectivity index (χ3v) is 2.56. The zero-order valence-corrected chi connectivity index (χ0v) is 11.7. The van der Waals surface area contributed by atoms with Gasteiger partial charge in [-0.3, -0.25) is 14.4 Å². The summed E-state index contributed by atoms with van der Waals surface area (Å²) in [7, 11) is 0. The van der Waals surface area contributed by atoms with Crippen LogP contribution in [0.15, 0.2) is 24.3 Å². The summed E-state index contributed by atoms with van der Waals surface area (Å²) in [5.41, 5.74) is 0.367. The summed E-state index contributed by atoms with van der Waals surface area (Å²) in [6.45, 7) is 3.47. The molecule has 108 valence electrons. The second-order valence-corrected chi connectivity index (χ2v) is 4.18. The number of carbonyl (C=O) groups is 3. The number of para-hydroxylation sites is 1. The number of rotatable bonds is 7. The molecule has 0 aliphatic heterocycles. The summed E-state index contributed by atoms with van der Waals surface area (Å²) in [6.07, 6.45) is 0.641. The van der Waals surface area contributed by atoms with Crippen molar-refractivity contribution >= 4 is 17.7 Å². The number of hydrogen-bond donors (Lipinski definition) is 0. The smallest absolute Gasteiger partial charge is 0.311 e. The van der Waals surface area contributed by atoms with Crippen LogP contribution in [-0.2, 0) is 14.3 Å². The molecule has 0 bridgehead atoms. The lowest BCUT2D eigenvalue weighted by atomic mass is 10.1. The molecular weight excluding hydrogens is 260 g/mol. The van der Waals surface area contributed by atoms with E-state index in [9.17, 15) is 14.4 Å². The number of ether oxygens (including phenoxy) is 2. The van der Waals surface area contributed by atoms with Crippen LogP contribution >= 0.6 is 0 Å². The molecule has 0 N–H and O–H groups in total. The van der Waals surface area contributed by atoms with E-state index >= 15 is 0 Å². The lowest BCUT2D eigenvalue weighted by molar-refractivity contribution is -0.143. The number of ketones is 1. The molecule has 0 unspecified atom stereocenters. The van der Waals surface area contributed by atoms with Gasteiger partial charge in [-0.05, 0) is 32.4 Å². The van der Waals surface area contributed by atoms with Crippen molar-refractivity contribution in [1.82, 2.24) is 0 Å². The SMILES string of the molecule is CCOC(=O)CCCC(=O)Oc1ccccc1C(C)=O. The van der Waals surface area contributed by atoms with Crippen LogP contribution in [0.4, 0.5) is 0 Å². The van der Waals surface area contributed by atoms with Crippen molar-refractivity contribution in [2.75, 3.05) is 6.61 Å². The van der Waals surface area contributed by atoms with Crippen LogP contribution < -0.4 is 4.74 Å². The highest BCUT2D eigenvalue weighted by molar-refractivity contribution is 5.97. The Balaban J connectivity index is 2.47. The van der Waals surface area contributed by atoms with Gasteiger partial charge in [-0.25, -0.2) is 0 Å². The molecule has 0 aromatic heterocycles. The Hall–Kier alpha value is -2.17. The quantitative estimate of drug-likeness (QED) is 0.435. The van der Waals surface area contributed by atoms with Crippen LogP contribution in [-0.4, -0.2) is 24.3 Å². The first-order chi connectivity index (χ1) is 9.54.